The van der Waals surface area contributed by atoms with E-state index >= 15 is 0 Å². The van der Waals surface area contributed by atoms with Crippen molar-refractivity contribution < 1.29 is 18.3 Å². The quantitative estimate of drug-likeness (QED) is 0.730. The van der Waals surface area contributed by atoms with Crippen molar-refractivity contribution in [3.8, 4) is 0 Å². The number of halogens is 2. The van der Waals surface area contributed by atoms with Gasteiger partial charge in [-0.2, -0.15) is 0 Å². The van der Waals surface area contributed by atoms with E-state index in [9.17, 15) is 13.6 Å². The third-order valence-corrected chi connectivity index (χ3v) is 2.43. The number of amides is 1. The fraction of sp³-hybridized carbons (Fsp3) is 0.500. The van der Waals surface area contributed by atoms with Gasteiger partial charge in [-0.25, -0.2) is 13.6 Å². The second-order valence-electron chi connectivity index (χ2n) is 5.49. The first-order chi connectivity index (χ1) is 9.73. The third-order valence-electron chi connectivity index (χ3n) is 2.43. The summed E-state index contributed by atoms with van der Waals surface area (Å²) in [7, 11) is 0. The number of hydrogen-bond donors (Lipinski definition) is 3. The number of alkyl carbamates (subject to hydrolysis) is 1. The van der Waals surface area contributed by atoms with E-state index in [1.165, 1.54) is 12.1 Å². The minimum absolute atomic E-state index is 0.0638. The molecule has 21 heavy (non-hydrogen) atoms. The van der Waals surface area contributed by atoms with Crippen molar-refractivity contribution >= 4 is 11.8 Å². The van der Waals surface area contributed by atoms with Gasteiger partial charge in [0.25, 0.3) is 0 Å². The first-order valence-corrected chi connectivity index (χ1v) is 6.61. The van der Waals surface area contributed by atoms with Crippen LogP contribution in [0.5, 0.6) is 0 Å². The van der Waals surface area contributed by atoms with Crippen molar-refractivity contribution in [3.63, 3.8) is 0 Å². The fourth-order valence-electron chi connectivity index (χ4n) is 1.58. The lowest BCUT2D eigenvalue weighted by Crippen LogP contribution is -2.35. The van der Waals surface area contributed by atoms with Crippen LogP contribution in [-0.2, 0) is 11.3 Å². The molecule has 1 rings (SSSR count). The van der Waals surface area contributed by atoms with Crippen LogP contribution in [0.15, 0.2) is 12.1 Å². The summed E-state index contributed by atoms with van der Waals surface area (Å²) in [6.45, 7) is 5.63. The van der Waals surface area contributed by atoms with E-state index in [1.807, 2.05) is 0 Å². The van der Waals surface area contributed by atoms with Gasteiger partial charge >= 0.3 is 6.09 Å². The summed E-state index contributed by atoms with van der Waals surface area (Å²) in [5.74, 6) is -1.43. The maximum absolute atomic E-state index is 13.6. The second-order valence-corrected chi connectivity index (χ2v) is 5.49. The molecule has 7 heteroatoms. The highest BCUT2D eigenvalue weighted by Gasteiger charge is 2.15. The molecule has 4 N–H and O–H groups in total. The van der Waals surface area contributed by atoms with Crippen LogP contribution in [0.4, 0.5) is 19.3 Å². The average molecular weight is 301 g/mol. The highest BCUT2D eigenvalue weighted by Crippen LogP contribution is 2.20. The van der Waals surface area contributed by atoms with Crippen LogP contribution in [0.1, 0.15) is 26.3 Å². The Balaban J connectivity index is 2.45. The molecular formula is C14H21F2N3O2. The molecule has 0 unspecified atom stereocenters. The summed E-state index contributed by atoms with van der Waals surface area (Å²) in [6, 6.07) is 2.35. The summed E-state index contributed by atoms with van der Waals surface area (Å²) in [6.07, 6.45) is -0.580. The van der Waals surface area contributed by atoms with Crippen LogP contribution in [-0.4, -0.2) is 24.8 Å². The van der Waals surface area contributed by atoms with Gasteiger partial charge in [-0.3, -0.25) is 0 Å². The molecule has 0 fully saturated rings. The summed E-state index contributed by atoms with van der Waals surface area (Å²) in [5.41, 5.74) is 4.88. The smallest absolute Gasteiger partial charge is 0.407 e. The molecule has 5 nitrogen and oxygen atoms in total. The van der Waals surface area contributed by atoms with Gasteiger partial charge in [-0.1, -0.05) is 0 Å². The van der Waals surface area contributed by atoms with Crippen LogP contribution in [0, 0.1) is 11.6 Å². The van der Waals surface area contributed by atoms with Crippen molar-refractivity contribution in [2.45, 2.75) is 32.9 Å². The maximum Gasteiger partial charge on any atom is 0.407 e. The van der Waals surface area contributed by atoms with E-state index in [2.05, 4.69) is 10.6 Å². The Morgan fingerprint density at radius 2 is 1.81 bits per heavy atom. The highest BCUT2D eigenvalue weighted by atomic mass is 19.1. The number of anilines is 1. The summed E-state index contributed by atoms with van der Waals surface area (Å²) in [5, 5.41) is 5.07. The van der Waals surface area contributed by atoms with Crippen LogP contribution in [0.2, 0.25) is 0 Å². The Kier molecular flexibility index (Phi) is 5.90. The van der Waals surface area contributed by atoms with Crippen molar-refractivity contribution in [3.05, 3.63) is 29.3 Å². The number of benzene rings is 1. The van der Waals surface area contributed by atoms with E-state index in [-0.39, 0.29) is 25.3 Å². The first kappa shape index (κ1) is 17.2. The molecule has 0 atom stereocenters. The van der Waals surface area contributed by atoms with Crippen LogP contribution in [0.25, 0.3) is 0 Å². The Morgan fingerprint density at radius 1 is 1.24 bits per heavy atom. The molecule has 0 aromatic heterocycles. The van der Waals surface area contributed by atoms with Crippen molar-refractivity contribution in [2.75, 3.05) is 18.4 Å². The third kappa shape index (κ3) is 5.95. The molecular weight excluding hydrogens is 280 g/mol. The Bertz CT molecular complexity index is 478. The number of nitrogens with one attached hydrogen (secondary N) is 2. The van der Waals surface area contributed by atoms with Crippen LogP contribution in [0.3, 0.4) is 0 Å². The number of nitrogens with two attached hydrogens (primary N) is 1. The number of ether oxygens (including phenoxy) is 1. The number of carbonyl (C=O) groups is 1. The average Bonchev–Trinajstić information content (AvgIpc) is 2.34. The molecule has 1 aromatic rings. The standard InChI is InChI=1S/C14H21F2N3O2/c1-14(2,3)21-13(20)19-5-4-18-12-10(15)6-9(8-17)7-11(12)16/h6-7,18H,4-5,8,17H2,1-3H3,(H,19,20). The van der Waals surface area contributed by atoms with Crippen molar-refractivity contribution in [2.24, 2.45) is 5.73 Å². The monoisotopic (exact) mass is 301 g/mol. The van der Waals surface area contributed by atoms with Crippen molar-refractivity contribution in [1.29, 1.82) is 0 Å². The zero-order chi connectivity index (χ0) is 16.0. The SMILES string of the molecule is CC(C)(C)OC(=O)NCCNc1c(F)cc(CN)cc1F. The van der Waals surface area contributed by atoms with Gasteiger partial charge in [0.05, 0.1) is 0 Å². The number of hydrogen-bond acceptors (Lipinski definition) is 4. The van der Waals surface area contributed by atoms with Gasteiger partial charge in [0.15, 0.2) is 0 Å². The molecule has 0 aliphatic rings. The zero-order valence-corrected chi connectivity index (χ0v) is 12.4. The van der Waals surface area contributed by atoms with E-state index in [0.717, 1.165) is 0 Å². The lowest BCUT2D eigenvalue weighted by Gasteiger charge is -2.19. The fourth-order valence-corrected chi connectivity index (χ4v) is 1.58. The normalized spacial score (nSPS) is 11.1. The molecule has 0 aliphatic carbocycles. The topological polar surface area (TPSA) is 76.4 Å². The number of rotatable bonds is 5. The van der Waals surface area contributed by atoms with E-state index in [1.54, 1.807) is 20.8 Å². The Labute approximate surface area is 122 Å². The summed E-state index contributed by atoms with van der Waals surface area (Å²) in [4.78, 5) is 11.4. The first-order valence-electron chi connectivity index (χ1n) is 6.61. The Hall–Kier alpha value is -1.89. The minimum atomic E-state index is -0.715. The van der Waals surface area contributed by atoms with Gasteiger partial charge in [0, 0.05) is 19.6 Å². The van der Waals surface area contributed by atoms with Gasteiger partial charge < -0.3 is 21.1 Å². The molecule has 0 saturated heterocycles. The predicted molar refractivity (Wildman–Crippen MR) is 77.0 cm³/mol. The Morgan fingerprint density at radius 3 is 2.29 bits per heavy atom. The van der Waals surface area contributed by atoms with E-state index in [4.69, 9.17) is 10.5 Å². The zero-order valence-electron chi connectivity index (χ0n) is 12.4. The molecule has 0 aliphatic heterocycles. The van der Waals surface area contributed by atoms with Crippen LogP contribution >= 0.6 is 0 Å². The molecule has 1 amide bonds. The van der Waals surface area contributed by atoms with Crippen molar-refractivity contribution in [1.82, 2.24) is 5.32 Å². The van der Waals surface area contributed by atoms with E-state index in [0.29, 0.717) is 5.56 Å². The predicted octanol–water partition coefficient (Wildman–Crippen LogP) is 2.36. The van der Waals surface area contributed by atoms with Gasteiger partial charge in [0.1, 0.15) is 22.9 Å². The molecule has 0 radical (unpaired) electrons. The molecule has 0 spiro atoms. The molecule has 118 valence electrons. The summed E-state index contributed by atoms with van der Waals surface area (Å²) >= 11 is 0. The number of carbonyl (C=O) groups excluding carboxylic acids is 1. The second kappa shape index (κ2) is 7.21. The molecule has 0 saturated carbocycles. The lowest BCUT2D eigenvalue weighted by molar-refractivity contribution is 0.0530. The highest BCUT2D eigenvalue weighted by molar-refractivity contribution is 5.67. The van der Waals surface area contributed by atoms with Crippen LogP contribution < -0.4 is 16.4 Å². The largest absolute Gasteiger partial charge is 0.444 e. The lowest BCUT2D eigenvalue weighted by atomic mass is 10.2. The van der Waals surface area contributed by atoms with Gasteiger partial charge in [0.2, 0.25) is 0 Å². The van der Waals surface area contributed by atoms with E-state index < -0.39 is 23.3 Å². The molecule has 0 bridgehead atoms. The summed E-state index contributed by atoms with van der Waals surface area (Å²) < 4.78 is 32.3. The molecule has 0 heterocycles. The molecule has 1 aromatic carbocycles. The van der Waals surface area contributed by atoms with Gasteiger partial charge in [-0.15, -0.1) is 0 Å². The van der Waals surface area contributed by atoms with Gasteiger partial charge in [-0.05, 0) is 38.5 Å². The maximum atomic E-state index is 13.6. The minimum Gasteiger partial charge on any atom is -0.444 e.